The Balaban J connectivity index is 2.30. The Kier molecular flexibility index (Phi) is 4.60. The van der Waals surface area contributed by atoms with Crippen LogP contribution in [0.25, 0.3) is 0 Å². The van der Waals surface area contributed by atoms with Crippen LogP contribution in [-0.4, -0.2) is 7.05 Å². The lowest BCUT2D eigenvalue weighted by atomic mass is 10.1. The molecular formula is C14H16BrFN2S. The van der Waals surface area contributed by atoms with Crippen molar-refractivity contribution in [2.75, 3.05) is 11.9 Å². The highest BCUT2D eigenvalue weighted by Gasteiger charge is 2.16. The van der Waals surface area contributed by atoms with Crippen LogP contribution in [0.4, 0.5) is 10.1 Å². The molecule has 1 aromatic heterocycles. The van der Waals surface area contributed by atoms with Crippen LogP contribution in [0.15, 0.2) is 33.4 Å². The summed E-state index contributed by atoms with van der Waals surface area (Å²) in [4.78, 5) is 1.91. The number of rotatable bonds is 4. The quantitative estimate of drug-likeness (QED) is 0.897. The van der Waals surface area contributed by atoms with E-state index in [9.17, 15) is 4.39 Å². The highest BCUT2D eigenvalue weighted by molar-refractivity contribution is 9.11. The Hall–Kier alpha value is -0.910. The van der Waals surface area contributed by atoms with Crippen LogP contribution in [-0.2, 0) is 6.54 Å². The van der Waals surface area contributed by atoms with Crippen LogP contribution in [0.2, 0.25) is 0 Å². The normalized spacial score (nSPS) is 12.5. The van der Waals surface area contributed by atoms with E-state index < -0.39 is 0 Å². The second-order valence-corrected chi connectivity index (χ2v) is 6.87. The van der Waals surface area contributed by atoms with Crippen molar-refractivity contribution in [3.63, 3.8) is 0 Å². The minimum absolute atomic E-state index is 0.192. The molecule has 2 nitrogen and oxygen atoms in total. The first-order valence-corrected chi connectivity index (χ1v) is 7.64. The molecule has 0 saturated heterocycles. The minimum atomic E-state index is -0.230. The summed E-state index contributed by atoms with van der Waals surface area (Å²) >= 11 is 5.06. The zero-order valence-corrected chi connectivity index (χ0v) is 13.3. The van der Waals surface area contributed by atoms with Crippen molar-refractivity contribution < 1.29 is 4.39 Å². The molecule has 102 valence electrons. The molecule has 2 N–H and O–H groups in total. The number of benzene rings is 1. The second kappa shape index (κ2) is 6.03. The summed E-state index contributed by atoms with van der Waals surface area (Å²) in [6.07, 6.45) is 0. The van der Waals surface area contributed by atoms with Gasteiger partial charge in [0, 0.05) is 19.6 Å². The minimum Gasteiger partial charge on any atom is -0.368 e. The van der Waals surface area contributed by atoms with Crippen molar-refractivity contribution in [2.45, 2.75) is 19.5 Å². The first-order chi connectivity index (χ1) is 8.99. The molecule has 0 aliphatic carbocycles. The first-order valence-electron chi connectivity index (χ1n) is 5.97. The van der Waals surface area contributed by atoms with Gasteiger partial charge in [0.25, 0.3) is 0 Å². The fraction of sp³-hybridized carbons (Fsp3) is 0.286. The van der Waals surface area contributed by atoms with Crippen LogP contribution in [0.3, 0.4) is 0 Å². The molecule has 0 saturated carbocycles. The summed E-state index contributed by atoms with van der Waals surface area (Å²) in [7, 11) is 1.88. The van der Waals surface area contributed by atoms with Crippen molar-refractivity contribution in [1.29, 1.82) is 0 Å². The van der Waals surface area contributed by atoms with Gasteiger partial charge >= 0.3 is 0 Å². The second-order valence-electron chi connectivity index (χ2n) is 4.58. The lowest BCUT2D eigenvalue weighted by molar-refractivity contribution is 0.616. The van der Waals surface area contributed by atoms with Crippen molar-refractivity contribution >= 4 is 33.0 Å². The Labute approximate surface area is 125 Å². The SMILES string of the molecule is C[C@@H](N)c1cccc(F)c1N(C)Cc1csc(Br)c1. The van der Waals surface area contributed by atoms with E-state index >= 15 is 0 Å². The summed E-state index contributed by atoms with van der Waals surface area (Å²) in [5.41, 5.74) is 8.48. The predicted molar refractivity (Wildman–Crippen MR) is 83.1 cm³/mol. The molecule has 1 aromatic carbocycles. The van der Waals surface area contributed by atoms with Crippen LogP contribution < -0.4 is 10.6 Å². The Bertz CT molecular complexity index is 568. The van der Waals surface area contributed by atoms with Crippen molar-refractivity contribution in [1.82, 2.24) is 0 Å². The molecule has 1 atom stereocenters. The molecule has 0 bridgehead atoms. The van der Waals surface area contributed by atoms with Gasteiger partial charge < -0.3 is 10.6 Å². The van der Waals surface area contributed by atoms with Gasteiger partial charge in [0.15, 0.2) is 0 Å². The number of halogens is 2. The molecule has 0 fully saturated rings. The van der Waals surface area contributed by atoms with Crippen LogP contribution in [0, 0.1) is 5.82 Å². The third kappa shape index (κ3) is 3.35. The van der Waals surface area contributed by atoms with Gasteiger partial charge in [-0.2, -0.15) is 0 Å². The maximum Gasteiger partial charge on any atom is 0.146 e. The number of hydrogen-bond donors (Lipinski definition) is 1. The van der Waals surface area contributed by atoms with Gasteiger partial charge in [-0.3, -0.25) is 0 Å². The van der Waals surface area contributed by atoms with Crippen LogP contribution in [0.5, 0.6) is 0 Å². The third-order valence-corrected chi connectivity index (χ3v) is 4.49. The molecular weight excluding hydrogens is 327 g/mol. The first kappa shape index (κ1) is 14.5. The van der Waals surface area contributed by atoms with E-state index in [-0.39, 0.29) is 11.9 Å². The van der Waals surface area contributed by atoms with Gasteiger partial charge in [-0.1, -0.05) is 12.1 Å². The number of nitrogens with zero attached hydrogens (tertiary/aromatic N) is 1. The molecule has 0 unspecified atom stereocenters. The van der Waals surface area contributed by atoms with Gasteiger partial charge in [-0.25, -0.2) is 4.39 Å². The number of para-hydroxylation sites is 1. The topological polar surface area (TPSA) is 29.3 Å². The monoisotopic (exact) mass is 342 g/mol. The van der Waals surface area contributed by atoms with Gasteiger partial charge in [0.1, 0.15) is 5.82 Å². The molecule has 0 spiro atoms. The van der Waals surface area contributed by atoms with Crippen LogP contribution in [0.1, 0.15) is 24.1 Å². The van der Waals surface area contributed by atoms with E-state index in [1.807, 2.05) is 31.0 Å². The number of thiophene rings is 1. The average molecular weight is 343 g/mol. The molecule has 1 heterocycles. The molecule has 0 amide bonds. The largest absolute Gasteiger partial charge is 0.368 e. The summed E-state index contributed by atoms with van der Waals surface area (Å²) in [6, 6.07) is 6.91. The zero-order chi connectivity index (χ0) is 14.0. The van der Waals surface area contributed by atoms with E-state index in [0.29, 0.717) is 12.2 Å². The summed E-state index contributed by atoms with van der Waals surface area (Å²) < 4.78 is 15.1. The van der Waals surface area contributed by atoms with Crippen molar-refractivity contribution in [3.05, 3.63) is 50.4 Å². The lowest BCUT2D eigenvalue weighted by Gasteiger charge is -2.24. The van der Waals surface area contributed by atoms with E-state index in [1.165, 1.54) is 6.07 Å². The molecule has 19 heavy (non-hydrogen) atoms. The fourth-order valence-corrected chi connectivity index (χ4v) is 3.28. The van der Waals surface area contributed by atoms with Gasteiger partial charge in [0.05, 0.1) is 9.47 Å². The van der Waals surface area contributed by atoms with E-state index in [0.717, 1.165) is 14.9 Å². The van der Waals surface area contributed by atoms with Crippen molar-refractivity contribution in [2.24, 2.45) is 5.73 Å². The highest BCUT2D eigenvalue weighted by atomic mass is 79.9. The number of hydrogen-bond acceptors (Lipinski definition) is 3. The molecule has 2 aromatic rings. The number of anilines is 1. The lowest BCUT2D eigenvalue weighted by Crippen LogP contribution is -2.21. The van der Waals surface area contributed by atoms with E-state index in [1.54, 1.807) is 17.4 Å². The van der Waals surface area contributed by atoms with Gasteiger partial charge in [-0.05, 0) is 51.5 Å². The molecule has 0 aliphatic rings. The maximum atomic E-state index is 14.1. The van der Waals surface area contributed by atoms with Crippen molar-refractivity contribution in [3.8, 4) is 0 Å². The molecule has 0 aliphatic heterocycles. The van der Waals surface area contributed by atoms with E-state index in [4.69, 9.17) is 5.73 Å². The Morgan fingerprint density at radius 2 is 2.21 bits per heavy atom. The number of nitrogens with two attached hydrogens (primary N) is 1. The molecule has 0 radical (unpaired) electrons. The molecule has 2 rings (SSSR count). The zero-order valence-electron chi connectivity index (χ0n) is 10.9. The predicted octanol–water partition coefficient (Wildman–Crippen LogP) is 4.31. The smallest absolute Gasteiger partial charge is 0.146 e. The Morgan fingerprint density at radius 1 is 1.47 bits per heavy atom. The maximum absolute atomic E-state index is 14.1. The Morgan fingerprint density at radius 3 is 2.79 bits per heavy atom. The summed E-state index contributed by atoms with van der Waals surface area (Å²) in [6.45, 7) is 2.52. The van der Waals surface area contributed by atoms with Gasteiger partial charge in [0.2, 0.25) is 0 Å². The highest BCUT2D eigenvalue weighted by Crippen LogP contribution is 2.30. The fourth-order valence-electron chi connectivity index (χ4n) is 2.08. The van der Waals surface area contributed by atoms with Gasteiger partial charge in [-0.15, -0.1) is 11.3 Å². The summed E-state index contributed by atoms with van der Waals surface area (Å²) in [5, 5.41) is 2.06. The summed E-state index contributed by atoms with van der Waals surface area (Å²) in [5.74, 6) is -0.230. The van der Waals surface area contributed by atoms with E-state index in [2.05, 4.69) is 21.3 Å². The standard InChI is InChI=1S/C14H16BrFN2S/c1-9(17)11-4-3-5-12(16)14(11)18(2)7-10-6-13(15)19-8-10/h3-6,8-9H,7,17H2,1-2H3/t9-/m1/s1. The average Bonchev–Trinajstić information content (AvgIpc) is 2.74. The van der Waals surface area contributed by atoms with Crippen LogP contribution >= 0.6 is 27.3 Å². The molecule has 5 heteroatoms. The third-order valence-electron chi connectivity index (χ3n) is 2.93.